The van der Waals surface area contributed by atoms with E-state index in [0.29, 0.717) is 6.04 Å². The lowest BCUT2D eigenvalue weighted by molar-refractivity contribution is -0.123. The van der Waals surface area contributed by atoms with E-state index in [-0.39, 0.29) is 17.7 Å². The van der Waals surface area contributed by atoms with Gasteiger partial charge in [0, 0.05) is 12.0 Å². The maximum Gasteiger partial charge on any atom is 0.152 e. The molecule has 1 fully saturated rings. The van der Waals surface area contributed by atoms with E-state index in [1.807, 2.05) is 13.8 Å². The number of carbonyl (C=O) groups excluding carboxylic acids is 1. The Bertz CT molecular complexity index is 216. The number of hydrogen-bond acceptors (Lipinski definition) is 3. The first-order chi connectivity index (χ1) is 7.02. The summed E-state index contributed by atoms with van der Waals surface area (Å²) in [5.41, 5.74) is 5.94. The van der Waals surface area contributed by atoms with Crippen LogP contribution in [0.3, 0.4) is 0 Å². The molecule has 0 aromatic rings. The maximum absolute atomic E-state index is 11.7. The van der Waals surface area contributed by atoms with Crippen LogP contribution in [-0.2, 0) is 4.79 Å². The number of ketones is 1. The number of piperidine rings is 1. The van der Waals surface area contributed by atoms with Crippen molar-refractivity contribution >= 4 is 5.78 Å². The third kappa shape index (κ3) is 3.58. The lowest BCUT2D eigenvalue weighted by Gasteiger charge is -2.34. The van der Waals surface area contributed by atoms with Gasteiger partial charge in [-0.15, -0.1) is 0 Å². The molecular formula is C12H24N2O. The first-order valence-electron chi connectivity index (χ1n) is 6.02. The van der Waals surface area contributed by atoms with E-state index < -0.39 is 0 Å². The number of hydrogen-bond donors (Lipinski definition) is 1. The van der Waals surface area contributed by atoms with Gasteiger partial charge in [0.2, 0.25) is 0 Å². The highest BCUT2D eigenvalue weighted by Crippen LogP contribution is 2.19. The second-order valence-corrected chi connectivity index (χ2v) is 5.03. The normalized spacial score (nSPS) is 25.5. The SMILES string of the molecule is CC(C)C(=O)C(N)CC1CCCCN1C. The smallest absolute Gasteiger partial charge is 0.152 e. The molecule has 0 spiro atoms. The van der Waals surface area contributed by atoms with Crippen LogP contribution < -0.4 is 5.73 Å². The van der Waals surface area contributed by atoms with Gasteiger partial charge < -0.3 is 10.6 Å². The van der Waals surface area contributed by atoms with Crippen molar-refractivity contribution in [1.29, 1.82) is 0 Å². The summed E-state index contributed by atoms with van der Waals surface area (Å²) in [6.07, 6.45) is 4.57. The number of Topliss-reactive ketones (excluding diaryl/α,β-unsaturated/α-hetero) is 1. The van der Waals surface area contributed by atoms with Crippen molar-refractivity contribution in [2.45, 2.75) is 51.6 Å². The first kappa shape index (κ1) is 12.7. The molecule has 2 N–H and O–H groups in total. The van der Waals surface area contributed by atoms with Crippen LogP contribution in [0.2, 0.25) is 0 Å². The summed E-state index contributed by atoms with van der Waals surface area (Å²) in [6.45, 7) is 4.99. The Morgan fingerprint density at radius 1 is 1.47 bits per heavy atom. The summed E-state index contributed by atoms with van der Waals surface area (Å²) in [5.74, 6) is 0.267. The van der Waals surface area contributed by atoms with Crippen LogP contribution in [0.15, 0.2) is 0 Å². The molecule has 88 valence electrons. The minimum Gasteiger partial charge on any atom is -0.321 e. The Labute approximate surface area is 93.0 Å². The van der Waals surface area contributed by atoms with Crippen molar-refractivity contribution in [3.8, 4) is 0 Å². The van der Waals surface area contributed by atoms with E-state index in [1.165, 1.54) is 19.3 Å². The second kappa shape index (κ2) is 5.61. The van der Waals surface area contributed by atoms with Gasteiger partial charge in [0.15, 0.2) is 5.78 Å². The molecule has 3 nitrogen and oxygen atoms in total. The standard InChI is InChI=1S/C12H24N2O/c1-9(2)12(15)11(13)8-10-6-4-5-7-14(10)3/h9-11H,4-8,13H2,1-3H3. The minimum atomic E-state index is -0.268. The Morgan fingerprint density at radius 2 is 2.13 bits per heavy atom. The fraction of sp³-hybridized carbons (Fsp3) is 0.917. The number of likely N-dealkylation sites (tertiary alicyclic amines) is 1. The predicted octanol–water partition coefficient (Wildman–Crippen LogP) is 1.41. The molecule has 0 aromatic heterocycles. The number of nitrogens with two attached hydrogens (primary N) is 1. The highest BCUT2D eigenvalue weighted by atomic mass is 16.1. The summed E-state index contributed by atoms with van der Waals surface area (Å²) in [7, 11) is 2.14. The quantitative estimate of drug-likeness (QED) is 0.766. The van der Waals surface area contributed by atoms with Crippen LogP contribution in [0.25, 0.3) is 0 Å². The lowest BCUT2D eigenvalue weighted by Crippen LogP contribution is -2.44. The predicted molar refractivity (Wildman–Crippen MR) is 62.7 cm³/mol. The van der Waals surface area contributed by atoms with Crippen molar-refractivity contribution in [3.63, 3.8) is 0 Å². The summed E-state index contributed by atoms with van der Waals surface area (Å²) in [5, 5.41) is 0. The second-order valence-electron chi connectivity index (χ2n) is 5.03. The van der Waals surface area contributed by atoms with Gasteiger partial charge in [-0.25, -0.2) is 0 Å². The van der Waals surface area contributed by atoms with Gasteiger partial charge >= 0.3 is 0 Å². The highest BCUT2D eigenvalue weighted by Gasteiger charge is 2.25. The Kier molecular flexibility index (Phi) is 4.74. The zero-order valence-corrected chi connectivity index (χ0v) is 10.2. The van der Waals surface area contributed by atoms with Gasteiger partial charge in [0.25, 0.3) is 0 Å². The van der Waals surface area contributed by atoms with Gasteiger partial charge in [-0.3, -0.25) is 4.79 Å². The third-order valence-corrected chi connectivity index (χ3v) is 3.38. The average molecular weight is 212 g/mol. The first-order valence-corrected chi connectivity index (χ1v) is 6.02. The van der Waals surface area contributed by atoms with Crippen molar-refractivity contribution in [1.82, 2.24) is 4.90 Å². The molecular weight excluding hydrogens is 188 g/mol. The van der Waals surface area contributed by atoms with Crippen molar-refractivity contribution in [2.24, 2.45) is 11.7 Å². The van der Waals surface area contributed by atoms with E-state index in [0.717, 1.165) is 13.0 Å². The van der Waals surface area contributed by atoms with Crippen LogP contribution in [0.1, 0.15) is 39.5 Å². The molecule has 1 saturated heterocycles. The molecule has 2 atom stereocenters. The largest absolute Gasteiger partial charge is 0.321 e. The molecule has 0 amide bonds. The molecule has 0 aromatic carbocycles. The van der Waals surface area contributed by atoms with E-state index in [4.69, 9.17) is 5.73 Å². The number of rotatable bonds is 4. The van der Waals surface area contributed by atoms with E-state index in [1.54, 1.807) is 0 Å². The van der Waals surface area contributed by atoms with E-state index in [2.05, 4.69) is 11.9 Å². The number of carbonyl (C=O) groups is 1. The summed E-state index contributed by atoms with van der Waals surface area (Å²) in [4.78, 5) is 14.0. The zero-order valence-electron chi connectivity index (χ0n) is 10.2. The molecule has 0 saturated carbocycles. The van der Waals surface area contributed by atoms with Crippen LogP contribution in [0.4, 0.5) is 0 Å². The Hall–Kier alpha value is -0.410. The average Bonchev–Trinajstić information content (AvgIpc) is 2.20. The van der Waals surface area contributed by atoms with Gasteiger partial charge in [-0.05, 0) is 32.9 Å². The molecule has 1 heterocycles. The van der Waals surface area contributed by atoms with Crippen molar-refractivity contribution in [2.75, 3.05) is 13.6 Å². The third-order valence-electron chi connectivity index (χ3n) is 3.38. The van der Waals surface area contributed by atoms with Gasteiger partial charge in [0.1, 0.15) is 0 Å². The van der Waals surface area contributed by atoms with Crippen molar-refractivity contribution in [3.05, 3.63) is 0 Å². The lowest BCUT2D eigenvalue weighted by atomic mass is 9.92. The fourth-order valence-electron chi connectivity index (χ4n) is 2.28. The molecule has 2 unspecified atom stereocenters. The number of nitrogens with zero attached hydrogens (tertiary/aromatic N) is 1. The fourth-order valence-corrected chi connectivity index (χ4v) is 2.28. The Balaban J connectivity index is 2.42. The molecule has 1 aliphatic rings. The monoisotopic (exact) mass is 212 g/mol. The van der Waals surface area contributed by atoms with Crippen LogP contribution in [0, 0.1) is 5.92 Å². The van der Waals surface area contributed by atoms with E-state index in [9.17, 15) is 4.79 Å². The Morgan fingerprint density at radius 3 is 2.67 bits per heavy atom. The summed E-state index contributed by atoms with van der Waals surface area (Å²) in [6, 6.07) is 0.243. The van der Waals surface area contributed by atoms with Crippen LogP contribution in [-0.4, -0.2) is 36.4 Å². The molecule has 0 bridgehead atoms. The van der Waals surface area contributed by atoms with Crippen molar-refractivity contribution < 1.29 is 4.79 Å². The highest BCUT2D eigenvalue weighted by molar-refractivity contribution is 5.85. The van der Waals surface area contributed by atoms with E-state index >= 15 is 0 Å². The zero-order chi connectivity index (χ0) is 11.4. The topological polar surface area (TPSA) is 46.3 Å². The van der Waals surface area contributed by atoms with Gasteiger partial charge in [-0.1, -0.05) is 20.3 Å². The molecule has 3 heteroatoms. The van der Waals surface area contributed by atoms with Crippen LogP contribution in [0.5, 0.6) is 0 Å². The molecule has 15 heavy (non-hydrogen) atoms. The van der Waals surface area contributed by atoms with Gasteiger partial charge in [0.05, 0.1) is 6.04 Å². The summed E-state index contributed by atoms with van der Waals surface area (Å²) < 4.78 is 0. The molecule has 1 aliphatic heterocycles. The minimum absolute atomic E-state index is 0.0638. The molecule has 0 radical (unpaired) electrons. The maximum atomic E-state index is 11.7. The molecule has 0 aliphatic carbocycles. The molecule has 1 rings (SSSR count). The summed E-state index contributed by atoms with van der Waals surface area (Å²) >= 11 is 0. The van der Waals surface area contributed by atoms with Gasteiger partial charge in [-0.2, -0.15) is 0 Å². The van der Waals surface area contributed by atoms with Crippen LogP contribution >= 0.6 is 0 Å².